The Morgan fingerprint density at radius 1 is 1.19 bits per heavy atom. The first-order chi connectivity index (χ1) is 12.8. The zero-order valence-electron chi connectivity index (χ0n) is 14.3. The molecule has 0 saturated carbocycles. The minimum atomic E-state index is -4.21. The number of sulfonamides is 1. The Kier molecular flexibility index (Phi) is 5.83. The molecule has 1 atom stereocenters. The van der Waals surface area contributed by atoms with Crippen molar-refractivity contribution < 1.29 is 21.9 Å². The normalized spacial score (nSPS) is 17.5. The van der Waals surface area contributed by atoms with Crippen LogP contribution in [-0.4, -0.2) is 15.0 Å². The van der Waals surface area contributed by atoms with Crippen molar-refractivity contribution in [2.75, 3.05) is 6.61 Å². The molecule has 2 aromatic carbocycles. The van der Waals surface area contributed by atoms with E-state index in [2.05, 4.69) is 6.08 Å². The molecule has 0 spiro atoms. The van der Waals surface area contributed by atoms with Crippen LogP contribution in [0.4, 0.5) is 8.78 Å². The fourth-order valence-electron chi connectivity index (χ4n) is 3.14. The van der Waals surface area contributed by atoms with E-state index in [4.69, 9.17) is 21.5 Å². The van der Waals surface area contributed by atoms with E-state index >= 15 is 0 Å². The number of halogens is 3. The number of hydrogen-bond acceptors (Lipinski definition) is 3. The molecule has 0 saturated heterocycles. The molecular formula is C19H18ClF2NO3S. The summed E-state index contributed by atoms with van der Waals surface area (Å²) in [5.74, 6) is -1.25. The van der Waals surface area contributed by atoms with Crippen molar-refractivity contribution in [1.29, 1.82) is 0 Å². The minimum Gasteiger partial charge on any atom is -0.491 e. The maximum absolute atomic E-state index is 14.0. The lowest BCUT2D eigenvalue weighted by atomic mass is 9.84. The van der Waals surface area contributed by atoms with E-state index in [1.54, 1.807) is 12.1 Å². The van der Waals surface area contributed by atoms with Crippen LogP contribution in [0.1, 0.15) is 24.8 Å². The predicted molar refractivity (Wildman–Crippen MR) is 100.0 cm³/mol. The van der Waals surface area contributed by atoms with Crippen LogP contribution in [0.3, 0.4) is 0 Å². The molecule has 0 bridgehead atoms. The van der Waals surface area contributed by atoms with Gasteiger partial charge in [0.2, 0.25) is 10.0 Å². The third-order valence-corrected chi connectivity index (χ3v) is 5.69. The molecule has 144 valence electrons. The molecule has 0 amide bonds. The van der Waals surface area contributed by atoms with Crippen molar-refractivity contribution in [3.05, 3.63) is 64.7 Å². The molecule has 2 aromatic rings. The highest BCUT2D eigenvalue weighted by molar-refractivity contribution is 7.89. The fraction of sp³-hybridized carbons (Fsp3) is 0.263. The first-order valence-electron chi connectivity index (χ1n) is 8.36. The topological polar surface area (TPSA) is 69.4 Å². The lowest BCUT2D eigenvalue weighted by Gasteiger charge is -2.25. The molecule has 0 fully saturated rings. The molecule has 4 nitrogen and oxygen atoms in total. The van der Waals surface area contributed by atoms with Gasteiger partial charge in [-0.15, -0.1) is 0 Å². The van der Waals surface area contributed by atoms with Gasteiger partial charge in [-0.1, -0.05) is 29.8 Å². The van der Waals surface area contributed by atoms with Gasteiger partial charge in [0.05, 0.1) is 11.6 Å². The van der Waals surface area contributed by atoms with E-state index in [0.717, 1.165) is 42.5 Å². The summed E-state index contributed by atoms with van der Waals surface area (Å²) in [6, 6.07) is 8.10. The molecule has 8 heteroatoms. The van der Waals surface area contributed by atoms with Gasteiger partial charge in [-0.3, -0.25) is 0 Å². The van der Waals surface area contributed by atoms with Gasteiger partial charge >= 0.3 is 0 Å². The molecule has 3 rings (SSSR count). The number of ether oxygens (including phenoxy) is 1. The van der Waals surface area contributed by atoms with Gasteiger partial charge in [0.1, 0.15) is 22.3 Å². The van der Waals surface area contributed by atoms with Gasteiger partial charge in [0.25, 0.3) is 0 Å². The van der Waals surface area contributed by atoms with Crippen LogP contribution in [-0.2, 0) is 10.0 Å². The third kappa shape index (κ3) is 4.66. The van der Waals surface area contributed by atoms with Crippen molar-refractivity contribution in [2.45, 2.75) is 24.2 Å². The van der Waals surface area contributed by atoms with Gasteiger partial charge in [-0.2, -0.15) is 0 Å². The summed E-state index contributed by atoms with van der Waals surface area (Å²) in [6.45, 7) is 0.233. The van der Waals surface area contributed by atoms with Crippen LogP contribution in [0.15, 0.2) is 47.4 Å². The Balaban J connectivity index is 1.79. The largest absolute Gasteiger partial charge is 0.491 e. The monoisotopic (exact) mass is 413 g/mol. The van der Waals surface area contributed by atoms with Crippen molar-refractivity contribution in [3.63, 3.8) is 0 Å². The molecule has 0 radical (unpaired) electrons. The summed E-state index contributed by atoms with van der Waals surface area (Å²) in [5, 5.41) is 4.92. The highest BCUT2D eigenvalue weighted by Crippen LogP contribution is 2.35. The predicted octanol–water partition coefficient (Wildman–Crippen LogP) is 4.53. The summed E-state index contributed by atoms with van der Waals surface area (Å²) < 4.78 is 55.6. The summed E-state index contributed by atoms with van der Waals surface area (Å²) in [6.07, 6.45) is 4.85. The van der Waals surface area contributed by atoms with Crippen LogP contribution >= 0.6 is 11.6 Å². The van der Waals surface area contributed by atoms with E-state index in [1.807, 2.05) is 0 Å². The smallest absolute Gasteiger partial charge is 0.241 e. The van der Waals surface area contributed by atoms with Crippen LogP contribution in [0, 0.1) is 17.6 Å². The highest BCUT2D eigenvalue weighted by Gasteiger charge is 2.22. The first kappa shape index (κ1) is 19.8. The average molecular weight is 414 g/mol. The van der Waals surface area contributed by atoms with E-state index in [9.17, 15) is 17.2 Å². The summed E-state index contributed by atoms with van der Waals surface area (Å²) >= 11 is 6.03. The Morgan fingerprint density at radius 3 is 2.56 bits per heavy atom. The molecule has 0 aliphatic heterocycles. The number of rotatable bonds is 5. The Labute approximate surface area is 161 Å². The summed E-state index contributed by atoms with van der Waals surface area (Å²) in [7, 11) is -4.21. The lowest BCUT2D eigenvalue weighted by molar-refractivity contribution is 0.267. The van der Waals surface area contributed by atoms with Gasteiger partial charge in [0.15, 0.2) is 0 Å². The van der Waals surface area contributed by atoms with Crippen molar-refractivity contribution in [1.82, 2.24) is 0 Å². The second-order valence-electron chi connectivity index (χ2n) is 6.36. The first-order valence-corrected chi connectivity index (χ1v) is 10.3. The van der Waals surface area contributed by atoms with Gasteiger partial charge < -0.3 is 4.74 Å². The minimum absolute atomic E-state index is 0.0289. The number of allylic oxidation sites excluding steroid dienone is 1. The van der Waals surface area contributed by atoms with Crippen LogP contribution in [0.5, 0.6) is 5.75 Å². The number of benzene rings is 2. The SMILES string of the molecule is NS(=O)(=O)c1cc(Cl)c(OCC2CCCC=C2c2ccc(F)cc2)cc1F. The van der Waals surface area contributed by atoms with Crippen LogP contribution < -0.4 is 9.88 Å². The number of hydrogen-bond donors (Lipinski definition) is 1. The summed E-state index contributed by atoms with van der Waals surface area (Å²) in [4.78, 5) is -0.676. The highest BCUT2D eigenvalue weighted by atomic mass is 35.5. The second kappa shape index (κ2) is 7.96. The molecule has 1 aliphatic rings. The van der Waals surface area contributed by atoms with Crippen molar-refractivity contribution >= 4 is 27.2 Å². The third-order valence-electron chi connectivity index (χ3n) is 4.47. The fourth-order valence-corrected chi connectivity index (χ4v) is 4.04. The second-order valence-corrected chi connectivity index (χ2v) is 8.30. The molecule has 0 heterocycles. The molecule has 0 aromatic heterocycles. The molecule has 1 unspecified atom stereocenters. The Morgan fingerprint density at radius 2 is 1.89 bits per heavy atom. The quantitative estimate of drug-likeness (QED) is 0.783. The zero-order valence-corrected chi connectivity index (χ0v) is 15.9. The lowest BCUT2D eigenvalue weighted by Crippen LogP contribution is -2.17. The van der Waals surface area contributed by atoms with Gasteiger partial charge in [-0.25, -0.2) is 22.3 Å². The van der Waals surface area contributed by atoms with Crippen molar-refractivity contribution in [3.8, 4) is 5.75 Å². The van der Waals surface area contributed by atoms with Crippen LogP contribution in [0.25, 0.3) is 5.57 Å². The molecule has 1 aliphatic carbocycles. The molecule has 2 N–H and O–H groups in total. The maximum Gasteiger partial charge on any atom is 0.241 e. The Hall–Kier alpha value is -1.96. The van der Waals surface area contributed by atoms with E-state index < -0.39 is 20.7 Å². The number of nitrogens with two attached hydrogens (primary N) is 1. The average Bonchev–Trinajstić information content (AvgIpc) is 2.62. The molecular weight excluding hydrogens is 396 g/mol. The van der Waals surface area contributed by atoms with Crippen LogP contribution in [0.2, 0.25) is 5.02 Å². The standard InChI is InChI=1S/C19H18ClF2NO3S/c20-16-9-19(27(23,24)25)17(22)10-18(16)26-11-13-3-1-2-4-15(13)12-5-7-14(21)8-6-12/h4-10,13H,1-3,11H2,(H2,23,24,25). The van der Waals surface area contributed by atoms with Gasteiger partial charge in [-0.05, 0) is 48.6 Å². The van der Waals surface area contributed by atoms with Gasteiger partial charge in [0, 0.05) is 12.0 Å². The zero-order chi connectivity index (χ0) is 19.6. The summed E-state index contributed by atoms with van der Waals surface area (Å²) in [5.41, 5.74) is 1.95. The maximum atomic E-state index is 14.0. The number of primary sulfonamides is 1. The molecule has 27 heavy (non-hydrogen) atoms. The van der Waals surface area contributed by atoms with Crippen molar-refractivity contribution in [2.24, 2.45) is 11.1 Å². The van der Waals surface area contributed by atoms with E-state index in [-0.39, 0.29) is 29.1 Å². The Bertz CT molecular complexity index is 975. The van der Waals surface area contributed by atoms with E-state index in [0.29, 0.717) is 0 Å². The van der Waals surface area contributed by atoms with E-state index in [1.165, 1.54) is 12.1 Å².